The topological polar surface area (TPSA) is 50.2 Å². The molecule has 1 saturated carbocycles. The van der Waals surface area contributed by atoms with Gasteiger partial charge in [0.05, 0.1) is 0 Å². The van der Waals surface area contributed by atoms with Crippen LogP contribution in [-0.2, 0) is 4.79 Å². The number of hydrogen-bond acceptors (Lipinski definition) is 4. The minimum Gasteiger partial charge on any atom is -0.480 e. The van der Waals surface area contributed by atoms with Crippen LogP contribution in [0.25, 0.3) is 0 Å². The molecule has 2 rings (SSSR count). The van der Waals surface area contributed by atoms with Crippen molar-refractivity contribution in [3.8, 4) is 0 Å². The van der Waals surface area contributed by atoms with Crippen LogP contribution in [0.3, 0.4) is 0 Å². The van der Waals surface area contributed by atoms with Gasteiger partial charge >= 0.3 is 5.97 Å². The van der Waals surface area contributed by atoms with Gasteiger partial charge in [-0.05, 0) is 12.8 Å². The molecule has 76 valence electrons. The van der Waals surface area contributed by atoms with Crippen molar-refractivity contribution in [2.75, 3.05) is 0 Å². The third-order valence-electron chi connectivity index (χ3n) is 2.49. The number of thioether (sulfide) groups is 1. The predicted octanol–water partition coefficient (Wildman–Crippen LogP) is 2.63. The van der Waals surface area contributed by atoms with Crippen LogP contribution >= 0.6 is 23.1 Å². The first-order valence-electron chi connectivity index (χ1n) is 4.55. The quantitative estimate of drug-likeness (QED) is 0.865. The predicted molar refractivity (Wildman–Crippen MR) is 56.8 cm³/mol. The molecular weight excluding hydrogens is 218 g/mol. The zero-order valence-corrected chi connectivity index (χ0v) is 9.24. The molecule has 1 aliphatic rings. The molecule has 0 bridgehead atoms. The summed E-state index contributed by atoms with van der Waals surface area (Å²) in [5.41, 5.74) is 0. The lowest BCUT2D eigenvalue weighted by Crippen LogP contribution is -2.31. The van der Waals surface area contributed by atoms with Gasteiger partial charge in [-0.25, -0.2) is 4.98 Å². The van der Waals surface area contributed by atoms with Crippen LogP contribution in [0, 0.1) is 0 Å². The largest absolute Gasteiger partial charge is 0.480 e. The van der Waals surface area contributed by atoms with Crippen molar-refractivity contribution in [2.24, 2.45) is 0 Å². The molecule has 0 atom stereocenters. The first-order chi connectivity index (χ1) is 6.73. The molecule has 0 radical (unpaired) electrons. The highest BCUT2D eigenvalue weighted by molar-refractivity contribution is 8.03. The first-order valence-corrected chi connectivity index (χ1v) is 6.24. The Hall–Kier alpha value is -0.550. The maximum atomic E-state index is 11.2. The fourth-order valence-corrected chi connectivity index (χ4v) is 3.96. The summed E-state index contributed by atoms with van der Waals surface area (Å²) >= 11 is 2.94. The number of carbonyl (C=O) groups is 1. The molecule has 0 saturated heterocycles. The summed E-state index contributed by atoms with van der Waals surface area (Å²) in [6.45, 7) is 0. The number of thiazole rings is 1. The summed E-state index contributed by atoms with van der Waals surface area (Å²) in [6.07, 6.45) is 5.30. The van der Waals surface area contributed by atoms with E-state index in [-0.39, 0.29) is 0 Å². The van der Waals surface area contributed by atoms with Crippen molar-refractivity contribution in [2.45, 2.75) is 34.8 Å². The van der Waals surface area contributed by atoms with E-state index in [1.165, 1.54) is 23.1 Å². The molecule has 1 N–H and O–H groups in total. The molecule has 1 aromatic heterocycles. The van der Waals surface area contributed by atoms with Gasteiger partial charge in [-0.3, -0.25) is 4.79 Å². The number of aromatic nitrogens is 1. The maximum Gasteiger partial charge on any atom is 0.320 e. The third kappa shape index (κ3) is 1.79. The van der Waals surface area contributed by atoms with Crippen LogP contribution in [-0.4, -0.2) is 20.8 Å². The maximum absolute atomic E-state index is 11.2. The Morgan fingerprint density at radius 3 is 2.79 bits per heavy atom. The third-order valence-corrected chi connectivity index (χ3v) is 4.85. The zero-order chi connectivity index (χ0) is 10.0. The minimum atomic E-state index is -0.685. The van der Waals surface area contributed by atoms with Gasteiger partial charge in [0, 0.05) is 11.6 Å². The van der Waals surface area contributed by atoms with E-state index in [2.05, 4.69) is 4.98 Å². The highest BCUT2D eigenvalue weighted by Crippen LogP contribution is 2.45. The molecule has 3 nitrogen and oxygen atoms in total. The molecule has 0 amide bonds. The Kier molecular flexibility index (Phi) is 2.78. The molecular formula is C9H11NO2S2. The Morgan fingerprint density at radius 1 is 1.57 bits per heavy atom. The van der Waals surface area contributed by atoms with E-state index < -0.39 is 10.7 Å². The Bertz CT molecular complexity index is 318. The Balaban J connectivity index is 2.16. The fourth-order valence-electron chi connectivity index (χ4n) is 1.73. The lowest BCUT2D eigenvalue weighted by molar-refractivity contribution is -0.139. The normalized spacial score (nSPS) is 19.7. The van der Waals surface area contributed by atoms with Crippen molar-refractivity contribution in [3.63, 3.8) is 0 Å². The lowest BCUT2D eigenvalue weighted by Gasteiger charge is -2.21. The van der Waals surface area contributed by atoms with E-state index in [1.807, 2.05) is 5.38 Å². The van der Waals surface area contributed by atoms with E-state index in [9.17, 15) is 9.90 Å². The van der Waals surface area contributed by atoms with Crippen LogP contribution in [0.4, 0.5) is 0 Å². The van der Waals surface area contributed by atoms with Gasteiger partial charge in [0.25, 0.3) is 0 Å². The Morgan fingerprint density at radius 2 is 2.29 bits per heavy atom. The van der Waals surface area contributed by atoms with Crippen molar-refractivity contribution < 1.29 is 9.90 Å². The van der Waals surface area contributed by atoms with Crippen LogP contribution in [0.1, 0.15) is 25.7 Å². The summed E-state index contributed by atoms with van der Waals surface area (Å²) in [5, 5.41) is 11.1. The van der Waals surface area contributed by atoms with Crippen molar-refractivity contribution >= 4 is 29.1 Å². The summed E-state index contributed by atoms with van der Waals surface area (Å²) in [7, 11) is 0. The summed E-state index contributed by atoms with van der Waals surface area (Å²) in [6, 6.07) is 0. The molecule has 0 aliphatic heterocycles. The van der Waals surface area contributed by atoms with Crippen LogP contribution in [0.5, 0.6) is 0 Å². The van der Waals surface area contributed by atoms with E-state index in [1.54, 1.807) is 6.20 Å². The number of carboxylic acids is 1. The van der Waals surface area contributed by atoms with E-state index >= 15 is 0 Å². The number of carboxylic acid groups (broad SMARTS) is 1. The second-order valence-corrected chi connectivity index (χ2v) is 5.93. The second-order valence-electron chi connectivity index (χ2n) is 3.41. The smallest absolute Gasteiger partial charge is 0.320 e. The standard InChI is InChI=1S/C9H11NO2S2/c11-7(12)9(3-1-2-4-9)14-8-10-5-6-13-8/h5-6H,1-4H2,(H,11,12). The van der Waals surface area contributed by atoms with Crippen LogP contribution in [0.15, 0.2) is 15.9 Å². The molecule has 1 fully saturated rings. The van der Waals surface area contributed by atoms with Gasteiger partial charge in [0.15, 0.2) is 4.34 Å². The summed E-state index contributed by atoms with van der Waals surface area (Å²) in [5.74, 6) is -0.685. The van der Waals surface area contributed by atoms with Crippen molar-refractivity contribution in [3.05, 3.63) is 11.6 Å². The SMILES string of the molecule is O=C(O)C1(Sc2nccs2)CCCC1. The van der Waals surface area contributed by atoms with Gasteiger partial charge < -0.3 is 5.11 Å². The molecule has 5 heteroatoms. The molecule has 1 aromatic rings. The molecule has 0 spiro atoms. The lowest BCUT2D eigenvalue weighted by atomic mass is 10.1. The first kappa shape index (κ1) is 9.98. The van der Waals surface area contributed by atoms with Crippen LogP contribution in [0.2, 0.25) is 0 Å². The van der Waals surface area contributed by atoms with Gasteiger partial charge in [-0.2, -0.15) is 0 Å². The fraction of sp³-hybridized carbons (Fsp3) is 0.556. The van der Waals surface area contributed by atoms with Gasteiger partial charge in [-0.15, -0.1) is 11.3 Å². The van der Waals surface area contributed by atoms with E-state index in [0.717, 1.165) is 30.0 Å². The zero-order valence-electron chi connectivity index (χ0n) is 7.60. The number of rotatable bonds is 3. The monoisotopic (exact) mass is 229 g/mol. The summed E-state index contributed by atoms with van der Waals surface area (Å²) < 4.78 is 0.270. The number of nitrogens with zero attached hydrogens (tertiary/aromatic N) is 1. The minimum absolute atomic E-state index is 0.599. The van der Waals surface area contributed by atoms with Gasteiger partial charge in [0.2, 0.25) is 0 Å². The van der Waals surface area contributed by atoms with E-state index in [4.69, 9.17) is 0 Å². The highest BCUT2D eigenvalue weighted by atomic mass is 32.2. The van der Waals surface area contributed by atoms with Crippen molar-refractivity contribution in [1.29, 1.82) is 0 Å². The van der Waals surface area contributed by atoms with Gasteiger partial charge in [-0.1, -0.05) is 24.6 Å². The van der Waals surface area contributed by atoms with Crippen molar-refractivity contribution in [1.82, 2.24) is 4.98 Å². The summed E-state index contributed by atoms with van der Waals surface area (Å²) in [4.78, 5) is 15.3. The van der Waals surface area contributed by atoms with Gasteiger partial charge in [0.1, 0.15) is 4.75 Å². The number of hydrogen-bond donors (Lipinski definition) is 1. The molecule has 1 heterocycles. The van der Waals surface area contributed by atoms with Crippen LogP contribution < -0.4 is 0 Å². The molecule has 1 aliphatic carbocycles. The molecule has 0 aromatic carbocycles. The average Bonchev–Trinajstić information content (AvgIpc) is 2.76. The molecule has 0 unspecified atom stereocenters. The average molecular weight is 229 g/mol. The van der Waals surface area contributed by atoms with E-state index in [0.29, 0.717) is 0 Å². The number of aliphatic carboxylic acids is 1. The second kappa shape index (κ2) is 3.90. The molecule has 14 heavy (non-hydrogen) atoms. The highest BCUT2D eigenvalue weighted by Gasteiger charge is 2.43. The Labute approximate surface area is 90.6 Å².